The summed E-state index contributed by atoms with van der Waals surface area (Å²) in [4.78, 5) is 11.7. The average molecular weight is 236 g/mol. The maximum Gasteiger partial charge on any atom is 0.225 e. The molecule has 0 spiro atoms. The van der Waals surface area contributed by atoms with E-state index in [1.807, 2.05) is 20.8 Å². The minimum atomic E-state index is -0.181. The van der Waals surface area contributed by atoms with Gasteiger partial charge < -0.3 is 16.2 Å². The molecule has 1 aromatic rings. The van der Waals surface area contributed by atoms with Gasteiger partial charge in [0.2, 0.25) is 5.91 Å². The van der Waals surface area contributed by atoms with Crippen molar-refractivity contribution >= 4 is 11.6 Å². The van der Waals surface area contributed by atoms with Gasteiger partial charge in [0, 0.05) is 18.2 Å². The van der Waals surface area contributed by atoms with Gasteiger partial charge in [0.1, 0.15) is 5.75 Å². The van der Waals surface area contributed by atoms with Crippen molar-refractivity contribution in [3.05, 3.63) is 24.3 Å². The molecule has 0 heterocycles. The first-order chi connectivity index (χ1) is 7.79. The number of benzene rings is 1. The number of carbonyl (C=O) groups excluding carboxylic acids is 1. The van der Waals surface area contributed by atoms with E-state index in [1.165, 1.54) is 12.1 Å². The van der Waals surface area contributed by atoms with Crippen LogP contribution < -0.4 is 11.1 Å². The lowest BCUT2D eigenvalue weighted by molar-refractivity contribution is -0.117. The third-order valence-corrected chi connectivity index (χ3v) is 2.67. The SMILES string of the molecule is CC(C)(C)C(N)CC(=O)Nc1ccc(O)cc1. The molecule has 1 amide bonds. The first kappa shape index (κ1) is 13.5. The highest BCUT2D eigenvalue weighted by molar-refractivity contribution is 5.91. The number of hydrogen-bond acceptors (Lipinski definition) is 3. The maximum atomic E-state index is 11.7. The van der Waals surface area contributed by atoms with Crippen molar-refractivity contribution in [2.45, 2.75) is 33.2 Å². The molecular weight excluding hydrogens is 216 g/mol. The van der Waals surface area contributed by atoms with E-state index in [2.05, 4.69) is 5.32 Å². The summed E-state index contributed by atoms with van der Waals surface area (Å²) >= 11 is 0. The topological polar surface area (TPSA) is 75.4 Å². The fraction of sp³-hybridized carbons (Fsp3) is 0.462. The average Bonchev–Trinajstić information content (AvgIpc) is 2.20. The smallest absolute Gasteiger partial charge is 0.225 e. The van der Waals surface area contributed by atoms with Gasteiger partial charge in [-0.3, -0.25) is 4.79 Å². The summed E-state index contributed by atoms with van der Waals surface area (Å²) in [6.45, 7) is 6.02. The van der Waals surface area contributed by atoms with Gasteiger partial charge >= 0.3 is 0 Å². The van der Waals surface area contributed by atoms with Gasteiger partial charge in [-0.05, 0) is 29.7 Å². The number of anilines is 1. The quantitative estimate of drug-likeness (QED) is 0.703. The van der Waals surface area contributed by atoms with Crippen LogP contribution in [0.2, 0.25) is 0 Å². The Hall–Kier alpha value is -1.55. The summed E-state index contributed by atoms with van der Waals surface area (Å²) in [7, 11) is 0. The van der Waals surface area contributed by atoms with E-state index in [1.54, 1.807) is 12.1 Å². The fourth-order valence-corrected chi connectivity index (χ4v) is 1.26. The van der Waals surface area contributed by atoms with Gasteiger partial charge in [0.25, 0.3) is 0 Å². The van der Waals surface area contributed by atoms with Crippen LogP contribution in [0, 0.1) is 5.41 Å². The molecule has 0 fully saturated rings. The number of nitrogens with two attached hydrogens (primary N) is 1. The zero-order chi connectivity index (χ0) is 13.1. The second-order valence-corrected chi connectivity index (χ2v) is 5.27. The Bertz CT molecular complexity index is 379. The fourth-order valence-electron chi connectivity index (χ4n) is 1.26. The molecule has 1 unspecified atom stereocenters. The monoisotopic (exact) mass is 236 g/mol. The zero-order valence-corrected chi connectivity index (χ0v) is 10.5. The summed E-state index contributed by atoms with van der Waals surface area (Å²) < 4.78 is 0. The molecule has 0 saturated heterocycles. The molecule has 0 bridgehead atoms. The molecule has 17 heavy (non-hydrogen) atoms. The van der Waals surface area contributed by atoms with Crippen molar-refractivity contribution in [3.63, 3.8) is 0 Å². The first-order valence-corrected chi connectivity index (χ1v) is 5.63. The highest BCUT2D eigenvalue weighted by Gasteiger charge is 2.23. The largest absolute Gasteiger partial charge is 0.508 e. The lowest BCUT2D eigenvalue weighted by Crippen LogP contribution is -2.38. The molecule has 1 rings (SSSR count). The molecule has 0 radical (unpaired) electrons. The molecular formula is C13H20N2O2. The minimum Gasteiger partial charge on any atom is -0.508 e. The molecule has 0 aliphatic carbocycles. The Morgan fingerprint density at radius 1 is 1.35 bits per heavy atom. The maximum absolute atomic E-state index is 11.7. The Morgan fingerprint density at radius 3 is 2.35 bits per heavy atom. The Morgan fingerprint density at radius 2 is 1.88 bits per heavy atom. The standard InChI is InChI=1S/C13H20N2O2/c1-13(2,3)11(14)8-12(17)15-9-4-6-10(16)7-5-9/h4-7,11,16H,8,14H2,1-3H3,(H,15,17). The number of hydrogen-bond donors (Lipinski definition) is 3. The Balaban J connectivity index is 2.53. The van der Waals surface area contributed by atoms with E-state index < -0.39 is 0 Å². The summed E-state index contributed by atoms with van der Waals surface area (Å²) in [5.41, 5.74) is 6.50. The number of aromatic hydroxyl groups is 1. The number of carbonyl (C=O) groups is 1. The summed E-state index contributed by atoms with van der Waals surface area (Å²) in [5.74, 6) is 0.0625. The third kappa shape index (κ3) is 4.44. The lowest BCUT2D eigenvalue weighted by atomic mass is 9.85. The number of nitrogens with one attached hydrogen (secondary N) is 1. The van der Waals surface area contributed by atoms with E-state index in [9.17, 15) is 4.79 Å². The third-order valence-electron chi connectivity index (χ3n) is 2.67. The molecule has 4 nitrogen and oxygen atoms in total. The van der Waals surface area contributed by atoms with Gasteiger partial charge in [0.05, 0.1) is 0 Å². The number of amides is 1. The van der Waals surface area contributed by atoms with Crippen LogP contribution in [0.25, 0.3) is 0 Å². The van der Waals surface area contributed by atoms with Crippen molar-refractivity contribution in [1.29, 1.82) is 0 Å². The van der Waals surface area contributed by atoms with Crippen molar-refractivity contribution in [3.8, 4) is 5.75 Å². The lowest BCUT2D eigenvalue weighted by Gasteiger charge is -2.26. The van der Waals surface area contributed by atoms with Crippen LogP contribution in [0.4, 0.5) is 5.69 Å². The molecule has 0 saturated carbocycles. The van der Waals surface area contributed by atoms with Crippen molar-refractivity contribution in [1.82, 2.24) is 0 Å². The van der Waals surface area contributed by atoms with Crippen LogP contribution in [0.3, 0.4) is 0 Å². The van der Waals surface area contributed by atoms with Crippen LogP contribution in [-0.2, 0) is 4.79 Å². The second kappa shape index (κ2) is 5.19. The van der Waals surface area contributed by atoms with Crippen molar-refractivity contribution in [2.24, 2.45) is 11.1 Å². The van der Waals surface area contributed by atoms with Crippen LogP contribution in [0.5, 0.6) is 5.75 Å². The molecule has 1 atom stereocenters. The van der Waals surface area contributed by atoms with Crippen LogP contribution >= 0.6 is 0 Å². The zero-order valence-electron chi connectivity index (χ0n) is 10.5. The van der Waals surface area contributed by atoms with Gasteiger partial charge in [0.15, 0.2) is 0 Å². The Labute approximate surface area is 102 Å². The number of rotatable bonds is 3. The van der Waals surface area contributed by atoms with Gasteiger partial charge in [-0.2, -0.15) is 0 Å². The van der Waals surface area contributed by atoms with E-state index in [0.717, 1.165) is 0 Å². The molecule has 94 valence electrons. The number of phenolic OH excluding ortho intramolecular Hbond substituents is 1. The summed E-state index contributed by atoms with van der Waals surface area (Å²) in [6, 6.07) is 6.17. The highest BCUT2D eigenvalue weighted by Crippen LogP contribution is 2.20. The van der Waals surface area contributed by atoms with Gasteiger partial charge in [-0.25, -0.2) is 0 Å². The van der Waals surface area contributed by atoms with Gasteiger partial charge in [-0.1, -0.05) is 20.8 Å². The molecule has 0 aromatic heterocycles. The van der Waals surface area contributed by atoms with Crippen LogP contribution in [-0.4, -0.2) is 17.1 Å². The summed E-state index contributed by atoms with van der Waals surface area (Å²) in [6.07, 6.45) is 0.282. The second-order valence-electron chi connectivity index (χ2n) is 5.27. The van der Waals surface area contributed by atoms with Crippen LogP contribution in [0.1, 0.15) is 27.2 Å². The number of phenols is 1. The van der Waals surface area contributed by atoms with Crippen LogP contribution in [0.15, 0.2) is 24.3 Å². The minimum absolute atomic E-state index is 0.0910. The molecule has 4 N–H and O–H groups in total. The molecule has 0 aliphatic heterocycles. The van der Waals surface area contributed by atoms with Crippen molar-refractivity contribution < 1.29 is 9.90 Å². The molecule has 0 aliphatic rings. The molecule has 1 aromatic carbocycles. The highest BCUT2D eigenvalue weighted by atomic mass is 16.3. The van der Waals surface area contributed by atoms with E-state index in [-0.39, 0.29) is 29.5 Å². The van der Waals surface area contributed by atoms with E-state index in [0.29, 0.717) is 5.69 Å². The van der Waals surface area contributed by atoms with E-state index in [4.69, 9.17) is 10.8 Å². The van der Waals surface area contributed by atoms with E-state index >= 15 is 0 Å². The van der Waals surface area contributed by atoms with Crippen molar-refractivity contribution in [2.75, 3.05) is 5.32 Å². The molecule has 4 heteroatoms. The summed E-state index contributed by atoms with van der Waals surface area (Å²) in [5, 5.41) is 11.9. The normalized spacial score (nSPS) is 13.2. The predicted molar refractivity (Wildman–Crippen MR) is 68.8 cm³/mol. The predicted octanol–water partition coefficient (Wildman–Crippen LogP) is 2.09. The first-order valence-electron chi connectivity index (χ1n) is 5.63. The van der Waals surface area contributed by atoms with Gasteiger partial charge in [-0.15, -0.1) is 0 Å². The Kier molecular flexibility index (Phi) is 4.12.